The zero-order valence-corrected chi connectivity index (χ0v) is 16.2. The van der Waals surface area contributed by atoms with Gasteiger partial charge in [-0.15, -0.1) is 0 Å². The minimum absolute atomic E-state index is 0.0824. The molecule has 0 radical (unpaired) electrons. The van der Waals surface area contributed by atoms with E-state index in [4.69, 9.17) is 18.9 Å². The van der Waals surface area contributed by atoms with Crippen LogP contribution in [0.25, 0.3) is 0 Å². The zero-order chi connectivity index (χ0) is 21.8. The van der Waals surface area contributed by atoms with Gasteiger partial charge < -0.3 is 18.9 Å². The molecule has 0 aromatic carbocycles. The van der Waals surface area contributed by atoms with E-state index in [2.05, 4.69) is 26.3 Å². The lowest BCUT2D eigenvalue weighted by atomic mass is 9.86. The highest BCUT2D eigenvalue weighted by Crippen LogP contribution is 2.44. The van der Waals surface area contributed by atoms with Crippen molar-refractivity contribution in [2.24, 2.45) is 23.7 Å². The third-order valence-electron chi connectivity index (χ3n) is 4.29. The van der Waals surface area contributed by atoms with Crippen molar-refractivity contribution in [3.63, 3.8) is 0 Å². The van der Waals surface area contributed by atoms with E-state index in [-0.39, 0.29) is 32.8 Å². The molecule has 0 amide bonds. The van der Waals surface area contributed by atoms with Gasteiger partial charge in [-0.1, -0.05) is 50.6 Å². The summed E-state index contributed by atoms with van der Waals surface area (Å²) in [6, 6.07) is 0. The number of hydrogen-bond acceptors (Lipinski definition) is 8. The van der Waals surface area contributed by atoms with Crippen molar-refractivity contribution in [3.8, 4) is 0 Å². The average molecular weight is 406 g/mol. The van der Waals surface area contributed by atoms with Gasteiger partial charge in [0.15, 0.2) is 0 Å². The van der Waals surface area contributed by atoms with E-state index < -0.39 is 47.5 Å². The van der Waals surface area contributed by atoms with Crippen LogP contribution in [-0.4, -0.2) is 50.3 Å². The van der Waals surface area contributed by atoms with Gasteiger partial charge in [-0.2, -0.15) is 0 Å². The highest BCUT2D eigenvalue weighted by atomic mass is 16.6. The molecule has 0 saturated heterocycles. The van der Waals surface area contributed by atoms with Crippen LogP contribution in [-0.2, 0) is 38.1 Å². The summed E-state index contributed by atoms with van der Waals surface area (Å²) in [5.74, 6) is -7.87. The molecule has 0 aromatic heterocycles. The van der Waals surface area contributed by atoms with E-state index in [0.29, 0.717) is 0 Å². The number of carbonyl (C=O) groups is 4. The lowest BCUT2D eigenvalue weighted by molar-refractivity contribution is -0.167. The molecule has 0 bridgehead atoms. The van der Waals surface area contributed by atoms with E-state index in [9.17, 15) is 19.2 Å². The Bertz CT molecular complexity index is 610. The predicted octanol–water partition coefficient (Wildman–Crippen LogP) is 1.77. The van der Waals surface area contributed by atoms with Crippen LogP contribution in [0.2, 0.25) is 0 Å². The van der Waals surface area contributed by atoms with Crippen molar-refractivity contribution in [1.29, 1.82) is 0 Å². The summed E-state index contributed by atoms with van der Waals surface area (Å²) < 4.78 is 20.3. The third kappa shape index (κ3) is 6.44. The molecule has 4 unspecified atom stereocenters. The van der Waals surface area contributed by atoms with Gasteiger partial charge in [0.05, 0.1) is 23.7 Å². The second kappa shape index (κ2) is 12.3. The Labute approximate surface area is 169 Å². The minimum Gasteiger partial charge on any atom is -0.461 e. The molecule has 1 aliphatic carbocycles. The predicted molar refractivity (Wildman–Crippen MR) is 103 cm³/mol. The number of carbonyl (C=O) groups excluding carboxylic acids is 4. The van der Waals surface area contributed by atoms with Crippen LogP contribution in [0.15, 0.2) is 50.6 Å². The summed E-state index contributed by atoms with van der Waals surface area (Å²) in [7, 11) is 0. The molecule has 0 aromatic rings. The first-order valence-electron chi connectivity index (χ1n) is 9.02. The van der Waals surface area contributed by atoms with Gasteiger partial charge in [0.2, 0.25) is 0 Å². The van der Waals surface area contributed by atoms with Crippen molar-refractivity contribution in [2.75, 3.05) is 26.4 Å². The largest absolute Gasteiger partial charge is 0.461 e. The molecule has 1 rings (SSSR count). The van der Waals surface area contributed by atoms with Crippen LogP contribution in [0.1, 0.15) is 6.42 Å². The van der Waals surface area contributed by atoms with Crippen molar-refractivity contribution in [1.82, 2.24) is 0 Å². The first kappa shape index (κ1) is 23.9. The van der Waals surface area contributed by atoms with Gasteiger partial charge in [-0.05, 0) is 6.42 Å². The van der Waals surface area contributed by atoms with E-state index >= 15 is 0 Å². The van der Waals surface area contributed by atoms with Gasteiger partial charge in [0.25, 0.3) is 0 Å². The monoisotopic (exact) mass is 406 g/mol. The summed E-state index contributed by atoms with van der Waals surface area (Å²) in [6.45, 7) is 13.4. The summed E-state index contributed by atoms with van der Waals surface area (Å²) >= 11 is 0. The summed E-state index contributed by atoms with van der Waals surface area (Å²) in [6.07, 6.45) is 5.29. The van der Waals surface area contributed by atoms with Crippen LogP contribution in [0, 0.1) is 23.7 Å². The lowest BCUT2D eigenvalue weighted by Gasteiger charge is -2.22. The van der Waals surface area contributed by atoms with E-state index in [1.54, 1.807) is 0 Å². The molecule has 8 heteroatoms. The Morgan fingerprint density at radius 2 is 0.862 bits per heavy atom. The molecule has 4 atom stereocenters. The second-order valence-electron chi connectivity index (χ2n) is 6.18. The SMILES string of the molecule is C=CCOC(=O)C1CC(C(=O)OCC=C)C(C(=O)OCC=C)C1C(=O)OCC=C. The molecule has 0 heterocycles. The standard InChI is InChI=1S/C21H26O8/c1-5-9-26-18(22)14-13-15(19(23)27-10-6-2)17(21(25)29-12-8-4)16(14)20(24)28-11-7-3/h5-8,14-17H,1-4,9-13H2. The van der Waals surface area contributed by atoms with Crippen LogP contribution < -0.4 is 0 Å². The van der Waals surface area contributed by atoms with Gasteiger partial charge in [0.1, 0.15) is 26.4 Å². The number of rotatable bonds is 12. The number of hydrogen-bond donors (Lipinski definition) is 0. The maximum Gasteiger partial charge on any atom is 0.311 e. The summed E-state index contributed by atoms with van der Waals surface area (Å²) in [4.78, 5) is 50.4. The Kier molecular flexibility index (Phi) is 10.2. The maximum atomic E-state index is 12.7. The molecule has 158 valence electrons. The van der Waals surface area contributed by atoms with Crippen molar-refractivity contribution >= 4 is 23.9 Å². The van der Waals surface area contributed by atoms with Crippen LogP contribution in [0.4, 0.5) is 0 Å². The minimum atomic E-state index is -1.27. The molecule has 0 N–H and O–H groups in total. The van der Waals surface area contributed by atoms with E-state index in [1.807, 2.05) is 0 Å². The first-order valence-corrected chi connectivity index (χ1v) is 9.02. The van der Waals surface area contributed by atoms with E-state index in [1.165, 1.54) is 24.3 Å². The fraction of sp³-hybridized carbons (Fsp3) is 0.429. The number of esters is 4. The van der Waals surface area contributed by atoms with Gasteiger partial charge in [-0.3, -0.25) is 19.2 Å². The third-order valence-corrected chi connectivity index (χ3v) is 4.29. The Morgan fingerprint density at radius 1 is 0.586 bits per heavy atom. The Balaban J connectivity index is 3.28. The van der Waals surface area contributed by atoms with Crippen LogP contribution in [0.5, 0.6) is 0 Å². The van der Waals surface area contributed by atoms with Gasteiger partial charge in [-0.25, -0.2) is 0 Å². The normalized spacial score (nSPS) is 22.6. The van der Waals surface area contributed by atoms with Crippen LogP contribution in [0.3, 0.4) is 0 Å². The van der Waals surface area contributed by atoms with Crippen LogP contribution >= 0.6 is 0 Å². The first-order chi connectivity index (χ1) is 13.9. The van der Waals surface area contributed by atoms with Crippen molar-refractivity contribution in [3.05, 3.63) is 50.6 Å². The average Bonchev–Trinajstić information content (AvgIpc) is 3.13. The fourth-order valence-corrected chi connectivity index (χ4v) is 3.15. The highest BCUT2D eigenvalue weighted by molar-refractivity contribution is 5.93. The lowest BCUT2D eigenvalue weighted by Crippen LogP contribution is -2.38. The molecule has 0 spiro atoms. The molecule has 8 nitrogen and oxygen atoms in total. The smallest absolute Gasteiger partial charge is 0.311 e. The van der Waals surface area contributed by atoms with Gasteiger partial charge in [0, 0.05) is 0 Å². The number of ether oxygens (including phenoxy) is 4. The van der Waals surface area contributed by atoms with E-state index in [0.717, 1.165) is 0 Å². The Morgan fingerprint density at radius 3 is 1.14 bits per heavy atom. The molecular weight excluding hydrogens is 380 g/mol. The molecule has 0 aliphatic heterocycles. The summed E-state index contributed by atoms with van der Waals surface area (Å²) in [5.41, 5.74) is 0. The van der Waals surface area contributed by atoms with Crippen molar-refractivity contribution < 1.29 is 38.1 Å². The molecular formula is C21H26O8. The second-order valence-corrected chi connectivity index (χ2v) is 6.18. The highest BCUT2D eigenvalue weighted by Gasteiger charge is 2.58. The Hall–Kier alpha value is -3.16. The molecule has 29 heavy (non-hydrogen) atoms. The molecule has 1 aliphatic rings. The molecule has 1 fully saturated rings. The zero-order valence-electron chi connectivity index (χ0n) is 16.2. The molecule has 1 saturated carbocycles. The van der Waals surface area contributed by atoms with Gasteiger partial charge >= 0.3 is 23.9 Å². The quantitative estimate of drug-likeness (QED) is 0.274. The topological polar surface area (TPSA) is 105 Å². The summed E-state index contributed by atoms with van der Waals surface area (Å²) in [5, 5.41) is 0. The van der Waals surface area contributed by atoms with Crippen molar-refractivity contribution in [2.45, 2.75) is 6.42 Å². The fourth-order valence-electron chi connectivity index (χ4n) is 3.15. The maximum absolute atomic E-state index is 12.7.